The summed E-state index contributed by atoms with van der Waals surface area (Å²) in [6.07, 6.45) is 3.69. The average Bonchev–Trinajstić information content (AvgIpc) is 2.06. The third-order valence-corrected chi connectivity index (χ3v) is 3.99. The summed E-state index contributed by atoms with van der Waals surface area (Å²) in [7, 11) is 0. The minimum atomic E-state index is 0.0231. The lowest BCUT2D eigenvalue weighted by atomic mass is 9.80. The molecule has 1 aliphatic rings. The fourth-order valence-electron chi connectivity index (χ4n) is 1.71. The van der Waals surface area contributed by atoms with Crippen LogP contribution in [0, 0.1) is 5.92 Å². The van der Waals surface area contributed by atoms with E-state index in [2.05, 4.69) is 0 Å². The molecule has 0 saturated heterocycles. The van der Waals surface area contributed by atoms with Gasteiger partial charge in [0.1, 0.15) is 0 Å². The number of hydrogen-bond acceptors (Lipinski definition) is 0. The monoisotopic (exact) mass is 248 g/mol. The number of hydrogen-bond donors (Lipinski definition) is 0. The van der Waals surface area contributed by atoms with Gasteiger partial charge in [0, 0.05) is 10.0 Å². The van der Waals surface area contributed by atoms with E-state index in [4.69, 9.17) is 34.8 Å². The average molecular weight is 250 g/mol. The second-order valence-electron chi connectivity index (χ2n) is 3.76. The van der Waals surface area contributed by atoms with Crippen LogP contribution in [0.3, 0.4) is 0 Å². The van der Waals surface area contributed by atoms with Gasteiger partial charge in [-0.2, -0.15) is 0 Å². The molecule has 1 aliphatic carbocycles. The summed E-state index contributed by atoms with van der Waals surface area (Å²) in [6, 6.07) is 5.48. The summed E-state index contributed by atoms with van der Waals surface area (Å²) >= 11 is 18.3. The summed E-state index contributed by atoms with van der Waals surface area (Å²) in [5.74, 6) is 0.577. The largest absolute Gasteiger partial charge is 0.117 e. The SMILES string of the molecule is Clc1ccc(Cl)c(C(Cl)C2CCC2)c1. The van der Waals surface area contributed by atoms with Crippen molar-refractivity contribution in [3.63, 3.8) is 0 Å². The van der Waals surface area contributed by atoms with Crippen LogP contribution in [0.4, 0.5) is 0 Å². The third kappa shape index (κ3) is 2.03. The van der Waals surface area contributed by atoms with E-state index in [0.29, 0.717) is 10.9 Å². The van der Waals surface area contributed by atoms with Gasteiger partial charge in [-0.15, -0.1) is 11.6 Å². The van der Waals surface area contributed by atoms with Gasteiger partial charge in [-0.05, 0) is 42.5 Å². The first-order valence-electron chi connectivity index (χ1n) is 4.77. The summed E-state index contributed by atoms with van der Waals surface area (Å²) in [5, 5.41) is 1.45. The zero-order valence-corrected chi connectivity index (χ0v) is 9.91. The molecule has 1 saturated carbocycles. The van der Waals surface area contributed by atoms with Crippen molar-refractivity contribution in [1.82, 2.24) is 0 Å². The molecule has 0 aromatic heterocycles. The molecular weight excluding hydrogens is 238 g/mol. The van der Waals surface area contributed by atoms with Crippen molar-refractivity contribution in [2.24, 2.45) is 5.92 Å². The highest BCUT2D eigenvalue weighted by atomic mass is 35.5. The van der Waals surface area contributed by atoms with E-state index in [1.54, 1.807) is 6.07 Å². The first kappa shape index (κ1) is 10.6. The molecule has 1 aromatic rings. The quantitative estimate of drug-likeness (QED) is 0.642. The first-order chi connectivity index (χ1) is 6.68. The van der Waals surface area contributed by atoms with E-state index in [1.807, 2.05) is 12.1 Å². The molecule has 2 rings (SSSR count). The molecular formula is C11H11Cl3. The van der Waals surface area contributed by atoms with Crippen LogP contribution in [0.1, 0.15) is 30.2 Å². The van der Waals surface area contributed by atoms with E-state index in [-0.39, 0.29) is 5.38 Å². The molecule has 0 N–H and O–H groups in total. The van der Waals surface area contributed by atoms with Gasteiger partial charge in [-0.1, -0.05) is 29.6 Å². The van der Waals surface area contributed by atoms with Crippen LogP contribution >= 0.6 is 34.8 Å². The van der Waals surface area contributed by atoms with Gasteiger partial charge in [0.15, 0.2) is 0 Å². The van der Waals surface area contributed by atoms with Crippen LogP contribution < -0.4 is 0 Å². The predicted octanol–water partition coefficient (Wildman–Crippen LogP) is 5.07. The maximum absolute atomic E-state index is 6.34. The Hall–Kier alpha value is 0.0900. The maximum Gasteiger partial charge on any atom is 0.0628 e. The lowest BCUT2D eigenvalue weighted by molar-refractivity contribution is 0.305. The Morgan fingerprint density at radius 2 is 1.93 bits per heavy atom. The number of rotatable bonds is 2. The van der Waals surface area contributed by atoms with Gasteiger partial charge in [0.2, 0.25) is 0 Å². The Morgan fingerprint density at radius 1 is 1.21 bits per heavy atom. The van der Waals surface area contributed by atoms with Crippen LogP contribution in [-0.2, 0) is 0 Å². The van der Waals surface area contributed by atoms with Crippen molar-refractivity contribution in [1.29, 1.82) is 0 Å². The van der Waals surface area contributed by atoms with Gasteiger partial charge < -0.3 is 0 Å². The second-order valence-corrected chi connectivity index (χ2v) is 5.07. The fraction of sp³-hybridized carbons (Fsp3) is 0.455. The third-order valence-electron chi connectivity index (χ3n) is 2.82. The van der Waals surface area contributed by atoms with Crippen molar-refractivity contribution in [3.05, 3.63) is 33.8 Å². The van der Waals surface area contributed by atoms with Gasteiger partial charge in [0.25, 0.3) is 0 Å². The lowest BCUT2D eigenvalue weighted by Gasteiger charge is -2.30. The second kappa shape index (κ2) is 4.30. The highest BCUT2D eigenvalue weighted by Crippen LogP contribution is 2.44. The van der Waals surface area contributed by atoms with Gasteiger partial charge in [-0.3, -0.25) is 0 Å². The number of halogens is 3. The van der Waals surface area contributed by atoms with Crippen LogP contribution in [0.25, 0.3) is 0 Å². The summed E-state index contributed by atoms with van der Waals surface area (Å²) in [5.41, 5.74) is 0.977. The van der Waals surface area contributed by atoms with Crippen LogP contribution in [0.15, 0.2) is 18.2 Å². The van der Waals surface area contributed by atoms with Crippen molar-refractivity contribution < 1.29 is 0 Å². The van der Waals surface area contributed by atoms with Gasteiger partial charge >= 0.3 is 0 Å². The zero-order valence-electron chi connectivity index (χ0n) is 7.64. The van der Waals surface area contributed by atoms with Crippen molar-refractivity contribution in [2.75, 3.05) is 0 Å². The van der Waals surface area contributed by atoms with Crippen LogP contribution in [0.2, 0.25) is 10.0 Å². The molecule has 0 heterocycles. The molecule has 1 unspecified atom stereocenters. The number of benzene rings is 1. The minimum Gasteiger partial charge on any atom is -0.117 e. The maximum atomic E-state index is 6.34. The summed E-state index contributed by atoms with van der Waals surface area (Å²) < 4.78 is 0. The molecule has 76 valence electrons. The molecule has 1 aromatic carbocycles. The van der Waals surface area contributed by atoms with Crippen molar-refractivity contribution in [3.8, 4) is 0 Å². The predicted molar refractivity (Wildman–Crippen MR) is 62.4 cm³/mol. The molecule has 1 atom stereocenters. The zero-order chi connectivity index (χ0) is 10.1. The van der Waals surface area contributed by atoms with Crippen LogP contribution in [-0.4, -0.2) is 0 Å². The first-order valence-corrected chi connectivity index (χ1v) is 5.97. The fourth-order valence-corrected chi connectivity index (χ4v) is 2.62. The van der Waals surface area contributed by atoms with Crippen LogP contribution in [0.5, 0.6) is 0 Å². The molecule has 14 heavy (non-hydrogen) atoms. The summed E-state index contributed by atoms with van der Waals surface area (Å²) in [4.78, 5) is 0. The molecule has 0 amide bonds. The Labute approximate surface area is 99.2 Å². The standard InChI is InChI=1S/C11H11Cl3/c12-8-4-5-10(13)9(6-8)11(14)7-2-1-3-7/h4-7,11H,1-3H2. The smallest absolute Gasteiger partial charge is 0.0628 e. The Bertz CT molecular complexity index is 331. The van der Waals surface area contributed by atoms with Crippen molar-refractivity contribution in [2.45, 2.75) is 24.6 Å². The lowest BCUT2D eigenvalue weighted by Crippen LogP contribution is -2.16. The van der Waals surface area contributed by atoms with Crippen molar-refractivity contribution >= 4 is 34.8 Å². The highest BCUT2D eigenvalue weighted by Gasteiger charge is 2.28. The molecule has 1 fully saturated rings. The Kier molecular flexibility index (Phi) is 3.26. The normalized spacial score (nSPS) is 19.1. The molecule has 0 bridgehead atoms. The molecule has 0 spiro atoms. The number of alkyl halides is 1. The highest BCUT2D eigenvalue weighted by molar-refractivity contribution is 6.34. The molecule has 3 heteroatoms. The Balaban J connectivity index is 2.24. The van der Waals surface area contributed by atoms with E-state index in [0.717, 1.165) is 10.6 Å². The van der Waals surface area contributed by atoms with E-state index in [1.165, 1.54) is 19.3 Å². The summed E-state index contributed by atoms with van der Waals surface area (Å²) in [6.45, 7) is 0. The minimum absolute atomic E-state index is 0.0231. The Morgan fingerprint density at radius 3 is 2.50 bits per heavy atom. The van der Waals surface area contributed by atoms with E-state index in [9.17, 15) is 0 Å². The van der Waals surface area contributed by atoms with Gasteiger partial charge in [-0.25, -0.2) is 0 Å². The topological polar surface area (TPSA) is 0 Å². The molecule has 0 radical (unpaired) electrons. The van der Waals surface area contributed by atoms with Gasteiger partial charge in [0.05, 0.1) is 5.38 Å². The van der Waals surface area contributed by atoms with E-state index >= 15 is 0 Å². The molecule has 0 nitrogen and oxygen atoms in total. The molecule has 0 aliphatic heterocycles. The van der Waals surface area contributed by atoms with E-state index < -0.39 is 0 Å².